The van der Waals surface area contributed by atoms with E-state index in [4.69, 9.17) is 9.47 Å². The molecule has 1 rings (SSSR count). The number of hydrogen-bond acceptors (Lipinski definition) is 3. The van der Waals surface area contributed by atoms with E-state index < -0.39 is 11.6 Å². The molecule has 0 spiro atoms. The lowest BCUT2D eigenvalue weighted by molar-refractivity contribution is 0.199. The van der Waals surface area contributed by atoms with E-state index in [2.05, 4.69) is 5.32 Å². The zero-order chi connectivity index (χ0) is 14.1. The third-order valence-corrected chi connectivity index (χ3v) is 2.61. The molecule has 1 aromatic carbocycles. The van der Waals surface area contributed by atoms with Crippen molar-refractivity contribution in [3.05, 3.63) is 29.3 Å². The number of rotatable bonds is 9. The Labute approximate surface area is 112 Å². The highest BCUT2D eigenvalue weighted by molar-refractivity contribution is 5.31. The average molecular weight is 273 g/mol. The summed E-state index contributed by atoms with van der Waals surface area (Å²) in [6.07, 6.45) is 1.70. The molecule has 0 fully saturated rings. The normalized spacial score (nSPS) is 10.7. The van der Waals surface area contributed by atoms with E-state index in [1.165, 1.54) is 12.1 Å². The van der Waals surface area contributed by atoms with Gasteiger partial charge in [-0.2, -0.15) is 0 Å². The van der Waals surface area contributed by atoms with Gasteiger partial charge in [-0.3, -0.25) is 0 Å². The van der Waals surface area contributed by atoms with E-state index >= 15 is 0 Å². The average Bonchev–Trinajstić information content (AvgIpc) is 2.38. The van der Waals surface area contributed by atoms with Crippen molar-refractivity contribution < 1.29 is 18.3 Å². The first kappa shape index (κ1) is 15.9. The summed E-state index contributed by atoms with van der Waals surface area (Å²) in [5.41, 5.74) is 0.550. The first-order valence-electron chi connectivity index (χ1n) is 6.49. The molecule has 0 atom stereocenters. The standard InChI is InChI=1S/C14H21F2NO2/c1-3-4-6-19-14-12(15)8-11(9-13(14)16)10-17-5-7-18-2/h8-9,17H,3-7,10H2,1-2H3. The summed E-state index contributed by atoms with van der Waals surface area (Å²) in [7, 11) is 1.60. The molecule has 3 nitrogen and oxygen atoms in total. The van der Waals surface area contributed by atoms with Crippen LogP contribution in [0.25, 0.3) is 0 Å². The second kappa shape index (κ2) is 8.82. The molecule has 19 heavy (non-hydrogen) atoms. The van der Waals surface area contributed by atoms with E-state index in [0.29, 0.717) is 31.9 Å². The highest BCUT2D eigenvalue weighted by Gasteiger charge is 2.12. The number of unbranched alkanes of at least 4 members (excludes halogenated alkanes) is 1. The summed E-state index contributed by atoms with van der Waals surface area (Å²) in [6, 6.07) is 2.59. The van der Waals surface area contributed by atoms with Gasteiger partial charge in [0.2, 0.25) is 0 Å². The van der Waals surface area contributed by atoms with E-state index in [1.807, 2.05) is 6.92 Å². The fraction of sp³-hybridized carbons (Fsp3) is 0.571. The number of ether oxygens (including phenoxy) is 2. The Morgan fingerprint density at radius 3 is 2.42 bits per heavy atom. The van der Waals surface area contributed by atoms with Crippen LogP contribution in [-0.2, 0) is 11.3 Å². The van der Waals surface area contributed by atoms with Crippen molar-refractivity contribution in [3.8, 4) is 5.75 Å². The Hall–Kier alpha value is -1.20. The van der Waals surface area contributed by atoms with Gasteiger partial charge >= 0.3 is 0 Å². The fourth-order valence-corrected chi connectivity index (χ4v) is 1.58. The molecule has 108 valence electrons. The van der Waals surface area contributed by atoms with Crippen LogP contribution in [-0.4, -0.2) is 26.9 Å². The highest BCUT2D eigenvalue weighted by atomic mass is 19.1. The Kier molecular flexibility index (Phi) is 7.36. The summed E-state index contributed by atoms with van der Waals surface area (Å²) in [6.45, 7) is 3.91. The van der Waals surface area contributed by atoms with Crippen LogP contribution in [0.2, 0.25) is 0 Å². The van der Waals surface area contributed by atoms with Crippen molar-refractivity contribution in [2.45, 2.75) is 26.3 Å². The first-order chi connectivity index (χ1) is 9.19. The maximum Gasteiger partial charge on any atom is 0.190 e. The molecule has 5 heteroatoms. The first-order valence-corrected chi connectivity index (χ1v) is 6.49. The fourth-order valence-electron chi connectivity index (χ4n) is 1.58. The van der Waals surface area contributed by atoms with Crippen molar-refractivity contribution in [2.24, 2.45) is 0 Å². The minimum absolute atomic E-state index is 0.283. The van der Waals surface area contributed by atoms with Gasteiger partial charge in [-0.1, -0.05) is 13.3 Å². The summed E-state index contributed by atoms with van der Waals surface area (Å²) in [5.74, 6) is -1.59. The molecule has 0 aliphatic rings. The predicted molar refractivity (Wildman–Crippen MR) is 70.3 cm³/mol. The van der Waals surface area contributed by atoms with E-state index in [1.54, 1.807) is 7.11 Å². The van der Waals surface area contributed by atoms with Gasteiger partial charge in [-0.15, -0.1) is 0 Å². The zero-order valence-electron chi connectivity index (χ0n) is 11.5. The number of benzene rings is 1. The lowest BCUT2D eigenvalue weighted by Gasteiger charge is -2.10. The van der Waals surface area contributed by atoms with Crippen molar-refractivity contribution >= 4 is 0 Å². The van der Waals surface area contributed by atoms with Gasteiger partial charge < -0.3 is 14.8 Å². The minimum Gasteiger partial charge on any atom is -0.488 e. The van der Waals surface area contributed by atoms with E-state index in [-0.39, 0.29) is 5.75 Å². The Bertz CT molecular complexity index is 363. The summed E-state index contributed by atoms with van der Waals surface area (Å²) in [4.78, 5) is 0. The molecule has 0 amide bonds. The van der Waals surface area contributed by atoms with Crippen LogP contribution >= 0.6 is 0 Å². The monoisotopic (exact) mass is 273 g/mol. The number of halogens is 2. The SMILES string of the molecule is CCCCOc1c(F)cc(CNCCOC)cc1F. The molecule has 0 heterocycles. The molecular formula is C14H21F2NO2. The number of hydrogen-bond donors (Lipinski definition) is 1. The van der Waals surface area contributed by atoms with Gasteiger partial charge in [-0.05, 0) is 24.1 Å². The van der Waals surface area contributed by atoms with Crippen LogP contribution in [0.15, 0.2) is 12.1 Å². The number of methoxy groups -OCH3 is 1. The molecule has 0 saturated carbocycles. The summed E-state index contributed by atoms with van der Waals surface area (Å²) < 4.78 is 37.4. The van der Waals surface area contributed by atoms with Gasteiger partial charge in [-0.25, -0.2) is 8.78 Å². The second-order valence-electron chi connectivity index (χ2n) is 4.26. The molecular weight excluding hydrogens is 252 g/mol. The summed E-state index contributed by atoms with van der Waals surface area (Å²) in [5, 5.41) is 3.03. The third-order valence-electron chi connectivity index (χ3n) is 2.61. The van der Waals surface area contributed by atoms with Gasteiger partial charge in [0.15, 0.2) is 17.4 Å². The maximum absolute atomic E-state index is 13.7. The Morgan fingerprint density at radius 2 is 1.84 bits per heavy atom. The van der Waals surface area contributed by atoms with E-state index in [0.717, 1.165) is 12.8 Å². The van der Waals surface area contributed by atoms with Crippen molar-refractivity contribution in [2.75, 3.05) is 26.9 Å². The molecule has 0 bridgehead atoms. The van der Waals surface area contributed by atoms with Gasteiger partial charge in [0.25, 0.3) is 0 Å². The number of nitrogens with one attached hydrogen (secondary N) is 1. The molecule has 0 radical (unpaired) electrons. The van der Waals surface area contributed by atoms with Crippen molar-refractivity contribution in [3.63, 3.8) is 0 Å². The summed E-state index contributed by atoms with van der Waals surface area (Å²) >= 11 is 0. The zero-order valence-corrected chi connectivity index (χ0v) is 11.5. The smallest absolute Gasteiger partial charge is 0.190 e. The van der Waals surface area contributed by atoms with Crippen LogP contribution in [0.3, 0.4) is 0 Å². The van der Waals surface area contributed by atoms with Crippen LogP contribution in [0, 0.1) is 11.6 Å². The molecule has 0 saturated heterocycles. The van der Waals surface area contributed by atoms with Gasteiger partial charge in [0, 0.05) is 20.2 Å². The minimum atomic E-state index is -0.653. The van der Waals surface area contributed by atoms with Crippen LogP contribution in [0.1, 0.15) is 25.3 Å². The molecule has 0 aromatic heterocycles. The van der Waals surface area contributed by atoms with Crippen LogP contribution in [0.4, 0.5) is 8.78 Å². The third kappa shape index (κ3) is 5.53. The largest absolute Gasteiger partial charge is 0.488 e. The highest BCUT2D eigenvalue weighted by Crippen LogP contribution is 2.23. The van der Waals surface area contributed by atoms with E-state index in [9.17, 15) is 8.78 Å². The molecule has 1 aromatic rings. The lowest BCUT2D eigenvalue weighted by atomic mass is 10.2. The maximum atomic E-state index is 13.7. The molecule has 1 N–H and O–H groups in total. The molecule has 0 unspecified atom stereocenters. The van der Waals surface area contributed by atoms with Crippen LogP contribution in [0.5, 0.6) is 5.75 Å². The van der Waals surface area contributed by atoms with Gasteiger partial charge in [0.05, 0.1) is 13.2 Å². The van der Waals surface area contributed by atoms with Crippen molar-refractivity contribution in [1.82, 2.24) is 5.32 Å². The Morgan fingerprint density at radius 1 is 1.16 bits per heavy atom. The quantitative estimate of drug-likeness (QED) is 0.702. The predicted octanol–water partition coefficient (Wildman–Crippen LogP) is 2.88. The molecule has 0 aliphatic heterocycles. The Balaban J connectivity index is 2.57. The van der Waals surface area contributed by atoms with Gasteiger partial charge in [0.1, 0.15) is 0 Å². The van der Waals surface area contributed by atoms with Crippen LogP contribution < -0.4 is 10.1 Å². The van der Waals surface area contributed by atoms with Crippen molar-refractivity contribution in [1.29, 1.82) is 0 Å². The second-order valence-corrected chi connectivity index (χ2v) is 4.26. The molecule has 0 aliphatic carbocycles. The topological polar surface area (TPSA) is 30.5 Å². The lowest BCUT2D eigenvalue weighted by Crippen LogP contribution is -2.18.